The molecule has 0 N–H and O–H groups in total. The van der Waals surface area contributed by atoms with Gasteiger partial charge in [0.25, 0.3) is 0 Å². The number of nitrogens with zero attached hydrogens (tertiary/aromatic N) is 6. The van der Waals surface area contributed by atoms with Gasteiger partial charge < -0.3 is 9.80 Å². The van der Waals surface area contributed by atoms with E-state index in [9.17, 15) is 4.79 Å². The second-order valence-corrected chi connectivity index (χ2v) is 9.21. The normalized spacial score (nSPS) is 17.7. The molecule has 35 heavy (non-hydrogen) atoms. The quantitative estimate of drug-likeness (QED) is 0.551. The van der Waals surface area contributed by atoms with Crippen LogP contribution < -0.4 is 4.90 Å². The van der Waals surface area contributed by atoms with E-state index in [4.69, 9.17) is 0 Å². The van der Waals surface area contributed by atoms with Crippen molar-refractivity contribution in [2.45, 2.75) is 12.8 Å². The van der Waals surface area contributed by atoms with Crippen LogP contribution in [0.4, 0.5) is 5.82 Å². The van der Waals surface area contributed by atoms with Crippen LogP contribution in [0.1, 0.15) is 18.4 Å². The summed E-state index contributed by atoms with van der Waals surface area (Å²) in [6.45, 7) is 6.11. The van der Waals surface area contributed by atoms with Crippen molar-refractivity contribution < 1.29 is 4.79 Å². The third-order valence-corrected chi connectivity index (χ3v) is 6.95. The minimum atomic E-state index is 0.111. The van der Waals surface area contributed by atoms with Crippen LogP contribution in [0.25, 0.3) is 17.3 Å². The minimum absolute atomic E-state index is 0.111. The first-order valence-corrected chi connectivity index (χ1v) is 12.5. The predicted octanol–water partition coefficient (Wildman–Crippen LogP) is 3.61. The lowest BCUT2D eigenvalue weighted by Crippen LogP contribution is -2.51. The highest BCUT2D eigenvalue weighted by atomic mass is 16.2. The lowest BCUT2D eigenvalue weighted by atomic mass is 9.95. The van der Waals surface area contributed by atoms with Gasteiger partial charge in [0.2, 0.25) is 5.91 Å². The third kappa shape index (κ3) is 5.92. The summed E-state index contributed by atoms with van der Waals surface area (Å²) in [6, 6.07) is 18.3. The van der Waals surface area contributed by atoms with E-state index in [0.29, 0.717) is 5.91 Å². The van der Waals surface area contributed by atoms with Gasteiger partial charge in [-0.25, -0.2) is 0 Å². The van der Waals surface area contributed by atoms with Crippen molar-refractivity contribution in [1.29, 1.82) is 0 Å². The monoisotopic (exact) mass is 468 g/mol. The number of hydrogen-bond donors (Lipinski definition) is 0. The maximum absolute atomic E-state index is 13.1. The second kappa shape index (κ2) is 11.2. The summed E-state index contributed by atoms with van der Waals surface area (Å²) < 4.78 is 0. The number of aromatic nitrogens is 3. The molecule has 2 saturated heterocycles. The van der Waals surface area contributed by atoms with Gasteiger partial charge >= 0.3 is 0 Å². The number of carbonyl (C=O) groups excluding carboxylic acids is 1. The van der Waals surface area contributed by atoms with Crippen molar-refractivity contribution in [2.75, 3.05) is 50.7 Å². The largest absolute Gasteiger partial charge is 0.355 e. The zero-order valence-electron chi connectivity index (χ0n) is 20.0. The molecule has 5 rings (SSSR count). The lowest BCUT2D eigenvalue weighted by Gasteiger charge is -2.38. The van der Waals surface area contributed by atoms with Gasteiger partial charge in [-0.2, -0.15) is 0 Å². The number of piperazine rings is 1. The van der Waals surface area contributed by atoms with Gasteiger partial charge in [-0.3, -0.25) is 14.7 Å². The summed E-state index contributed by atoms with van der Waals surface area (Å²) in [7, 11) is 0. The van der Waals surface area contributed by atoms with Crippen molar-refractivity contribution in [1.82, 2.24) is 25.0 Å². The molecule has 2 fully saturated rings. The molecular formula is C28H32N6O. The molecule has 1 amide bonds. The first-order valence-electron chi connectivity index (χ1n) is 12.5. The summed E-state index contributed by atoms with van der Waals surface area (Å²) in [6.07, 6.45) is 9.64. The topological polar surface area (TPSA) is 65.5 Å². The van der Waals surface area contributed by atoms with Crippen LogP contribution >= 0.6 is 0 Å². The molecule has 0 unspecified atom stereocenters. The summed E-state index contributed by atoms with van der Waals surface area (Å²) in [5.74, 6) is 1.31. The lowest BCUT2D eigenvalue weighted by molar-refractivity contribution is -0.137. The smallest absolute Gasteiger partial charge is 0.225 e. The number of piperidine rings is 1. The van der Waals surface area contributed by atoms with Gasteiger partial charge in [0.05, 0.1) is 5.69 Å². The molecule has 0 spiro atoms. The Bertz CT molecular complexity index is 1100. The van der Waals surface area contributed by atoms with E-state index in [1.165, 1.54) is 5.56 Å². The van der Waals surface area contributed by atoms with Crippen molar-refractivity contribution in [3.8, 4) is 11.3 Å². The van der Waals surface area contributed by atoms with E-state index < -0.39 is 0 Å². The van der Waals surface area contributed by atoms with E-state index in [-0.39, 0.29) is 5.92 Å². The van der Waals surface area contributed by atoms with Gasteiger partial charge in [-0.1, -0.05) is 42.5 Å². The van der Waals surface area contributed by atoms with Crippen LogP contribution in [0, 0.1) is 5.92 Å². The van der Waals surface area contributed by atoms with Crippen molar-refractivity contribution >= 4 is 17.8 Å². The average molecular weight is 469 g/mol. The van der Waals surface area contributed by atoms with E-state index in [2.05, 4.69) is 66.3 Å². The van der Waals surface area contributed by atoms with Crippen molar-refractivity contribution in [3.63, 3.8) is 0 Å². The SMILES string of the molecule is O=C(C1CCN(c2ccc(-c3ccncc3)nn2)CC1)N1CCN(C/C=C/c2ccccc2)CC1. The Morgan fingerprint density at radius 1 is 0.857 bits per heavy atom. The molecule has 7 nitrogen and oxygen atoms in total. The maximum Gasteiger partial charge on any atom is 0.225 e. The van der Waals surface area contributed by atoms with Crippen LogP contribution in [-0.2, 0) is 4.79 Å². The molecular weight excluding hydrogens is 436 g/mol. The Morgan fingerprint density at radius 2 is 1.60 bits per heavy atom. The molecule has 1 aromatic carbocycles. The fourth-order valence-corrected chi connectivity index (χ4v) is 4.84. The summed E-state index contributed by atoms with van der Waals surface area (Å²) in [5.41, 5.74) is 3.08. The molecule has 0 atom stereocenters. The highest BCUT2D eigenvalue weighted by Crippen LogP contribution is 2.25. The van der Waals surface area contributed by atoms with E-state index >= 15 is 0 Å². The standard InChI is InChI=1S/C28H32N6O/c35-28(34-21-19-32(20-22-34)16-4-7-23-5-2-1-3-6-23)25-12-17-33(18-13-25)27-9-8-26(30-31-27)24-10-14-29-15-11-24/h1-11,14-15,25H,12-13,16-22H2/b7-4+. The molecule has 3 aromatic rings. The highest BCUT2D eigenvalue weighted by molar-refractivity contribution is 5.79. The zero-order chi connectivity index (χ0) is 23.9. The number of amides is 1. The van der Waals surface area contributed by atoms with Crippen LogP contribution in [-0.4, -0.2) is 76.7 Å². The van der Waals surface area contributed by atoms with Gasteiger partial charge in [0, 0.05) is 69.7 Å². The molecule has 0 aliphatic carbocycles. The molecule has 2 aromatic heterocycles. The Kier molecular flexibility index (Phi) is 7.44. The van der Waals surface area contributed by atoms with Gasteiger partial charge in [0.1, 0.15) is 0 Å². The van der Waals surface area contributed by atoms with Crippen LogP contribution in [0.5, 0.6) is 0 Å². The fraction of sp³-hybridized carbons (Fsp3) is 0.357. The highest BCUT2D eigenvalue weighted by Gasteiger charge is 2.30. The number of anilines is 1. The molecule has 0 saturated carbocycles. The number of benzene rings is 1. The third-order valence-electron chi connectivity index (χ3n) is 6.95. The van der Waals surface area contributed by atoms with E-state index in [1.54, 1.807) is 12.4 Å². The number of pyridine rings is 1. The van der Waals surface area contributed by atoms with Crippen molar-refractivity contribution in [3.05, 3.63) is 78.6 Å². The van der Waals surface area contributed by atoms with Crippen molar-refractivity contribution in [2.24, 2.45) is 5.92 Å². The Labute approximate surface area is 207 Å². The molecule has 2 aliphatic rings. The Hall–Kier alpha value is -3.58. The van der Waals surface area contributed by atoms with Gasteiger partial charge in [-0.05, 0) is 42.7 Å². The first-order chi connectivity index (χ1) is 17.3. The van der Waals surface area contributed by atoms with Crippen LogP contribution in [0.2, 0.25) is 0 Å². The van der Waals surface area contributed by atoms with Crippen LogP contribution in [0.3, 0.4) is 0 Å². The molecule has 180 valence electrons. The summed E-state index contributed by atoms with van der Waals surface area (Å²) in [4.78, 5) is 23.9. The number of hydrogen-bond acceptors (Lipinski definition) is 6. The van der Waals surface area contributed by atoms with E-state index in [1.807, 2.05) is 30.3 Å². The minimum Gasteiger partial charge on any atom is -0.355 e. The number of carbonyl (C=O) groups is 1. The van der Waals surface area contributed by atoms with Crippen LogP contribution in [0.15, 0.2) is 73.1 Å². The Morgan fingerprint density at radius 3 is 2.29 bits per heavy atom. The zero-order valence-corrected chi connectivity index (χ0v) is 20.0. The number of rotatable bonds is 6. The molecule has 2 aliphatic heterocycles. The molecule has 0 radical (unpaired) electrons. The Balaban J connectivity index is 1.06. The van der Waals surface area contributed by atoms with Gasteiger partial charge in [-0.15, -0.1) is 10.2 Å². The van der Waals surface area contributed by atoms with Gasteiger partial charge in [0.15, 0.2) is 5.82 Å². The molecule has 0 bridgehead atoms. The first kappa shape index (κ1) is 23.2. The summed E-state index contributed by atoms with van der Waals surface area (Å²) >= 11 is 0. The molecule has 4 heterocycles. The average Bonchev–Trinajstić information content (AvgIpc) is 2.94. The fourth-order valence-electron chi connectivity index (χ4n) is 4.84. The predicted molar refractivity (Wildman–Crippen MR) is 139 cm³/mol. The molecule has 7 heteroatoms. The second-order valence-electron chi connectivity index (χ2n) is 9.21. The summed E-state index contributed by atoms with van der Waals surface area (Å²) in [5, 5.41) is 8.83. The maximum atomic E-state index is 13.1. The van der Waals surface area contributed by atoms with E-state index in [0.717, 1.165) is 75.7 Å².